The average Bonchev–Trinajstić information content (AvgIpc) is 3.28. The van der Waals surface area contributed by atoms with Crippen LogP contribution in [0.2, 0.25) is 0 Å². The predicted molar refractivity (Wildman–Crippen MR) is 112 cm³/mol. The lowest BCUT2D eigenvalue weighted by molar-refractivity contribution is -0.144. The van der Waals surface area contributed by atoms with E-state index in [4.69, 9.17) is 14.0 Å². The number of ether oxygens (including phenoxy) is 2. The quantitative estimate of drug-likeness (QED) is 0.419. The third-order valence-electron chi connectivity index (χ3n) is 4.58. The fraction of sp³-hybridized carbons (Fsp3) is 0.125. The molecule has 150 valence electrons. The Morgan fingerprint density at radius 3 is 2.23 bits per heavy atom. The van der Waals surface area contributed by atoms with Gasteiger partial charge in [0, 0.05) is 5.56 Å². The summed E-state index contributed by atoms with van der Waals surface area (Å²) in [6, 6.07) is 25.2. The molecule has 1 aromatic heterocycles. The molecule has 0 radical (unpaired) electrons. The minimum Gasteiger partial charge on any atom is -0.497 e. The van der Waals surface area contributed by atoms with Crippen molar-refractivity contribution in [1.29, 1.82) is 0 Å². The number of methoxy groups -OCH3 is 1. The summed E-state index contributed by atoms with van der Waals surface area (Å²) < 4.78 is 15.6. The van der Waals surface area contributed by atoms with Crippen LogP contribution in [0.4, 0.5) is 0 Å². The van der Waals surface area contributed by atoms with Crippen molar-refractivity contribution in [1.82, 2.24) is 10.1 Å². The van der Waals surface area contributed by atoms with Gasteiger partial charge in [0.1, 0.15) is 5.75 Å². The SMILES string of the molecule is COc1ccc(-c2noc(COC(=O)Cc3ccc(-c4ccccc4)cc3)n2)cc1. The Morgan fingerprint density at radius 2 is 1.53 bits per heavy atom. The van der Waals surface area contributed by atoms with E-state index in [2.05, 4.69) is 10.1 Å². The van der Waals surface area contributed by atoms with Crippen LogP contribution in [0.1, 0.15) is 11.5 Å². The van der Waals surface area contributed by atoms with Crippen LogP contribution in [0, 0.1) is 0 Å². The molecular formula is C24H20N2O4. The summed E-state index contributed by atoms with van der Waals surface area (Å²) in [4.78, 5) is 16.4. The highest BCUT2D eigenvalue weighted by Crippen LogP contribution is 2.21. The fourth-order valence-electron chi connectivity index (χ4n) is 2.98. The minimum absolute atomic E-state index is 0.0654. The van der Waals surface area contributed by atoms with Crippen LogP contribution in [0.3, 0.4) is 0 Å². The highest BCUT2D eigenvalue weighted by atomic mass is 16.6. The number of nitrogens with zero attached hydrogens (tertiary/aromatic N) is 2. The number of rotatable bonds is 7. The van der Waals surface area contributed by atoms with Gasteiger partial charge in [-0.3, -0.25) is 4.79 Å². The summed E-state index contributed by atoms with van der Waals surface area (Å²) in [6.07, 6.45) is 0.175. The second-order valence-electron chi connectivity index (χ2n) is 6.64. The first-order valence-corrected chi connectivity index (χ1v) is 9.48. The first-order chi connectivity index (χ1) is 14.7. The Labute approximate surface area is 174 Å². The molecule has 3 aromatic carbocycles. The Hall–Kier alpha value is -3.93. The number of hydrogen-bond donors (Lipinski definition) is 0. The molecule has 0 N–H and O–H groups in total. The monoisotopic (exact) mass is 400 g/mol. The van der Waals surface area contributed by atoms with Gasteiger partial charge in [-0.2, -0.15) is 4.98 Å². The number of carbonyl (C=O) groups excluding carboxylic acids is 1. The number of aromatic nitrogens is 2. The van der Waals surface area contributed by atoms with Gasteiger partial charge >= 0.3 is 5.97 Å². The Morgan fingerprint density at radius 1 is 0.867 bits per heavy atom. The highest BCUT2D eigenvalue weighted by Gasteiger charge is 2.12. The molecule has 6 heteroatoms. The molecule has 4 aromatic rings. The summed E-state index contributed by atoms with van der Waals surface area (Å²) in [7, 11) is 1.60. The first-order valence-electron chi connectivity index (χ1n) is 9.48. The molecule has 0 atom stereocenters. The van der Waals surface area contributed by atoms with Crippen molar-refractivity contribution >= 4 is 5.97 Å². The highest BCUT2D eigenvalue weighted by molar-refractivity contribution is 5.73. The van der Waals surface area contributed by atoms with Crippen molar-refractivity contribution in [2.45, 2.75) is 13.0 Å². The molecule has 0 spiro atoms. The summed E-state index contributed by atoms with van der Waals surface area (Å²) in [5, 5.41) is 3.92. The zero-order chi connectivity index (χ0) is 20.8. The van der Waals surface area contributed by atoms with Crippen molar-refractivity contribution in [3.05, 3.63) is 90.3 Å². The molecule has 1 heterocycles. The summed E-state index contributed by atoms with van der Waals surface area (Å²) in [5.74, 6) is 1.06. The number of benzene rings is 3. The van der Waals surface area contributed by atoms with E-state index >= 15 is 0 Å². The van der Waals surface area contributed by atoms with Crippen LogP contribution in [0.15, 0.2) is 83.4 Å². The second kappa shape index (κ2) is 9.05. The Kier molecular flexibility index (Phi) is 5.85. The van der Waals surface area contributed by atoms with Crippen LogP contribution in [-0.2, 0) is 22.6 Å². The third-order valence-corrected chi connectivity index (χ3v) is 4.58. The van der Waals surface area contributed by atoms with Crippen molar-refractivity contribution < 1.29 is 18.8 Å². The van der Waals surface area contributed by atoms with Crippen molar-refractivity contribution in [3.8, 4) is 28.3 Å². The molecule has 0 aliphatic carbocycles. The van der Waals surface area contributed by atoms with Crippen LogP contribution in [0.25, 0.3) is 22.5 Å². The van der Waals surface area contributed by atoms with Crippen molar-refractivity contribution in [3.63, 3.8) is 0 Å². The first kappa shape index (κ1) is 19.4. The van der Waals surface area contributed by atoms with Gasteiger partial charge in [-0.25, -0.2) is 0 Å². The lowest BCUT2D eigenvalue weighted by atomic mass is 10.0. The second-order valence-corrected chi connectivity index (χ2v) is 6.64. The number of carbonyl (C=O) groups is 1. The maximum absolute atomic E-state index is 12.2. The number of esters is 1. The van der Waals surface area contributed by atoms with E-state index in [0.717, 1.165) is 28.0 Å². The van der Waals surface area contributed by atoms with Gasteiger partial charge in [-0.1, -0.05) is 59.8 Å². The Balaban J connectivity index is 1.31. The lowest BCUT2D eigenvalue weighted by Gasteiger charge is -2.05. The molecule has 6 nitrogen and oxygen atoms in total. The summed E-state index contributed by atoms with van der Waals surface area (Å²) in [6.45, 7) is -0.0654. The molecule has 0 amide bonds. The van der Waals surface area contributed by atoms with E-state index < -0.39 is 0 Å². The van der Waals surface area contributed by atoms with Crippen molar-refractivity contribution in [2.24, 2.45) is 0 Å². The third kappa shape index (κ3) is 4.72. The van der Waals surface area contributed by atoms with Gasteiger partial charge in [-0.05, 0) is 41.0 Å². The van der Waals surface area contributed by atoms with Gasteiger partial charge < -0.3 is 14.0 Å². The van der Waals surface area contributed by atoms with E-state index in [-0.39, 0.29) is 24.9 Å². The zero-order valence-electron chi connectivity index (χ0n) is 16.4. The molecule has 0 fully saturated rings. The van der Waals surface area contributed by atoms with Gasteiger partial charge in [-0.15, -0.1) is 0 Å². The normalized spacial score (nSPS) is 10.6. The van der Waals surface area contributed by atoms with Gasteiger partial charge in [0.2, 0.25) is 5.82 Å². The maximum atomic E-state index is 12.2. The van der Waals surface area contributed by atoms with E-state index in [1.165, 1.54) is 0 Å². The fourth-order valence-corrected chi connectivity index (χ4v) is 2.98. The van der Waals surface area contributed by atoms with E-state index in [1.807, 2.05) is 78.9 Å². The van der Waals surface area contributed by atoms with Crippen molar-refractivity contribution in [2.75, 3.05) is 7.11 Å². The molecule has 0 aliphatic heterocycles. The van der Waals surface area contributed by atoms with Crippen LogP contribution >= 0.6 is 0 Å². The topological polar surface area (TPSA) is 74.5 Å². The molecule has 4 rings (SSSR count). The average molecular weight is 400 g/mol. The van der Waals surface area contributed by atoms with E-state index in [0.29, 0.717) is 5.82 Å². The van der Waals surface area contributed by atoms with Crippen LogP contribution in [0.5, 0.6) is 5.75 Å². The van der Waals surface area contributed by atoms with Gasteiger partial charge in [0.15, 0.2) is 6.61 Å². The number of hydrogen-bond acceptors (Lipinski definition) is 6. The zero-order valence-corrected chi connectivity index (χ0v) is 16.4. The van der Waals surface area contributed by atoms with Crippen LogP contribution < -0.4 is 4.74 Å². The predicted octanol–water partition coefficient (Wildman–Crippen LogP) is 4.70. The minimum atomic E-state index is -0.355. The molecule has 0 saturated carbocycles. The summed E-state index contributed by atoms with van der Waals surface area (Å²) in [5.41, 5.74) is 3.90. The standard InChI is InChI=1S/C24H20N2O4/c1-28-21-13-11-20(12-14-21)24-25-22(30-26-24)16-29-23(27)15-17-7-9-19(10-8-17)18-5-3-2-4-6-18/h2-14H,15-16H2,1H3. The van der Waals surface area contributed by atoms with E-state index in [1.54, 1.807) is 7.11 Å². The Bertz CT molecular complexity index is 1100. The van der Waals surface area contributed by atoms with Crippen LogP contribution in [-0.4, -0.2) is 23.2 Å². The molecular weight excluding hydrogens is 380 g/mol. The molecule has 30 heavy (non-hydrogen) atoms. The molecule has 0 bridgehead atoms. The largest absolute Gasteiger partial charge is 0.497 e. The summed E-state index contributed by atoms with van der Waals surface area (Å²) >= 11 is 0. The van der Waals surface area contributed by atoms with E-state index in [9.17, 15) is 4.79 Å². The van der Waals surface area contributed by atoms with Gasteiger partial charge in [0.05, 0.1) is 13.5 Å². The van der Waals surface area contributed by atoms with Gasteiger partial charge in [0.25, 0.3) is 5.89 Å². The molecule has 0 saturated heterocycles. The molecule has 0 unspecified atom stereocenters. The smallest absolute Gasteiger partial charge is 0.310 e. The molecule has 0 aliphatic rings. The maximum Gasteiger partial charge on any atom is 0.310 e. The lowest BCUT2D eigenvalue weighted by Crippen LogP contribution is -2.08.